The van der Waals surface area contributed by atoms with Gasteiger partial charge in [0.1, 0.15) is 0 Å². The molecule has 0 spiro atoms. The summed E-state index contributed by atoms with van der Waals surface area (Å²) in [6.45, 7) is 6.06. The Balaban J connectivity index is 0. The second-order valence-electron chi connectivity index (χ2n) is 2.56. The molecule has 0 bridgehead atoms. The molecule has 5 heteroatoms. The molecule has 0 aromatic carbocycles. The minimum atomic E-state index is -3.67. The molecule has 0 unspecified atom stereocenters. The highest BCUT2D eigenvalue weighted by atomic mass is 19.4. The van der Waals surface area contributed by atoms with Crippen molar-refractivity contribution >= 4 is 7.54 Å². The van der Waals surface area contributed by atoms with Crippen LogP contribution in [-0.4, -0.2) is 20.3 Å². The summed E-state index contributed by atoms with van der Waals surface area (Å²) in [5.74, 6) is 0. The normalized spacial score (nSPS) is 9.90. The van der Waals surface area contributed by atoms with Gasteiger partial charge in [-0.3, -0.25) is 12.9 Å². The smallest absolute Gasteiger partial charge is 0.379 e. The molecule has 0 saturated heterocycles. The van der Waals surface area contributed by atoms with Gasteiger partial charge in [0.25, 0.3) is 0 Å². The maximum absolute atomic E-state index is 9.67. The molecule has 0 heterocycles. The van der Waals surface area contributed by atoms with Gasteiger partial charge in [0.15, 0.2) is 0 Å². The van der Waals surface area contributed by atoms with E-state index < -0.39 is 7.54 Å². The summed E-state index contributed by atoms with van der Waals surface area (Å²) in [6.07, 6.45) is 0. The van der Waals surface area contributed by atoms with Crippen molar-refractivity contribution in [3.05, 3.63) is 0 Å². The lowest BCUT2D eigenvalue weighted by molar-refractivity contribution is 0.0397. The van der Waals surface area contributed by atoms with E-state index in [9.17, 15) is 12.9 Å². The van der Waals surface area contributed by atoms with E-state index in [-0.39, 0.29) is 5.60 Å². The first kappa shape index (κ1) is 12.5. The van der Waals surface area contributed by atoms with Crippen molar-refractivity contribution in [3.63, 3.8) is 0 Å². The maximum atomic E-state index is 9.67. The van der Waals surface area contributed by atoms with Crippen LogP contribution in [0.1, 0.15) is 20.8 Å². The molecule has 0 aliphatic rings. The second-order valence-corrected chi connectivity index (χ2v) is 2.56. The number of hydrogen-bond acceptors (Lipinski definition) is 1. The topological polar surface area (TPSA) is 9.23 Å². The summed E-state index contributed by atoms with van der Waals surface area (Å²) < 4.78 is 33.9. The van der Waals surface area contributed by atoms with Crippen molar-refractivity contribution in [1.29, 1.82) is 0 Å². The fourth-order valence-electron chi connectivity index (χ4n) is 0. The highest BCUT2D eigenvalue weighted by Gasteiger charge is 2.06. The fourth-order valence-corrected chi connectivity index (χ4v) is 0. The van der Waals surface area contributed by atoms with Crippen LogP contribution < -0.4 is 0 Å². The van der Waals surface area contributed by atoms with Crippen LogP contribution in [0.25, 0.3) is 0 Å². The monoisotopic (exact) mass is 156 g/mol. The van der Waals surface area contributed by atoms with E-state index in [1.807, 2.05) is 20.8 Å². The van der Waals surface area contributed by atoms with E-state index >= 15 is 0 Å². The summed E-state index contributed by atoms with van der Waals surface area (Å²) >= 11 is 0. The van der Waals surface area contributed by atoms with Crippen molar-refractivity contribution in [2.75, 3.05) is 7.11 Å². The summed E-state index contributed by atoms with van der Waals surface area (Å²) in [5.41, 5.74) is 0.0417. The average Bonchev–Trinajstić information content (AvgIpc) is 1.63. The van der Waals surface area contributed by atoms with Gasteiger partial charge in [-0.25, -0.2) is 0 Å². The molecule has 0 rings (SSSR count). The predicted octanol–water partition coefficient (Wildman–Crippen LogP) is 2.31. The van der Waals surface area contributed by atoms with Crippen LogP contribution >= 0.6 is 0 Å². The molecule has 10 heavy (non-hydrogen) atoms. The number of rotatable bonds is 0. The number of hydrogen-bond donors (Lipinski definition) is 0. The van der Waals surface area contributed by atoms with E-state index in [4.69, 9.17) is 4.74 Å². The minimum Gasteiger partial charge on any atom is -0.379 e. The minimum absolute atomic E-state index is 0.0417. The average molecular weight is 156 g/mol. The second kappa shape index (κ2) is 5.59. The lowest BCUT2D eigenvalue weighted by atomic mass is 10.2. The van der Waals surface area contributed by atoms with Gasteiger partial charge in [-0.1, -0.05) is 0 Å². The molecule has 0 N–H and O–H groups in total. The highest BCUT2D eigenvalue weighted by molar-refractivity contribution is 6.33. The van der Waals surface area contributed by atoms with Crippen LogP contribution in [0.2, 0.25) is 0 Å². The Bertz CT molecular complexity index is 69.0. The van der Waals surface area contributed by atoms with Crippen LogP contribution in [0, 0.1) is 0 Å². The Kier molecular flexibility index (Phi) is 6.98. The molecule has 0 saturated carbocycles. The third kappa shape index (κ3) is 45.8. The Morgan fingerprint density at radius 2 is 1.20 bits per heavy atom. The first-order valence-corrected chi connectivity index (χ1v) is 2.77. The van der Waals surface area contributed by atoms with Gasteiger partial charge in [0.2, 0.25) is 0 Å². The zero-order valence-electron chi connectivity index (χ0n) is 6.62. The molecule has 0 fully saturated rings. The van der Waals surface area contributed by atoms with Gasteiger partial charge in [0, 0.05) is 7.11 Å². The Morgan fingerprint density at radius 3 is 1.20 bits per heavy atom. The van der Waals surface area contributed by atoms with Gasteiger partial charge < -0.3 is 4.74 Å². The lowest BCUT2D eigenvalue weighted by Gasteiger charge is -2.14. The summed E-state index contributed by atoms with van der Waals surface area (Å²) in [6, 6.07) is 0. The molecule has 0 aliphatic carbocycles. The van der Waals surface area contributed by atoms with Gasteiger partial charge in [-0.2, -0.15) is 0 Å². The van der Waals surface area contributed by atoms with Crippen LogP contribution in [0.3, 0.4) is 0 Å². The van der Waals surface area contributed by atoms with E-state index in [1.54, 1.807) is 7.11 Å². The SMILES string of the molecule is COC(C)(C)C.FB(F)F. The van der Waals surface area contributed by atoms with Crippen LogP contribution in [-0.2, 0) is 4.74 Å². The lowest BCUT2D eigenvalue weighted by Crippen LogP contribution is -2.15. The van der Waals surface area contributed by atoms with Crippen molar-refractivity contribution in [2.45, 2.75) is 26.4 Å². The van der Waals surface area contributed by atoms with Gasteiger partial charge in [0.05, 0.1) is 5.60 Å². The summed E-state index contributed by atoms with van der Waals surface area (Å²) in [5, 5.41) is 0. The Labute approximate surface area is 59.8 Å². The molecule has 0 aliphatic heterocycles. The summed E-state index contributed by atoms with van der Waals surface area (Å²) in [7, 11) is -1.96. The van der Waals surface area contributed by atoms with Crippen molar-refractivity contribution < 1.29 is 17.7 Å². The molecular weight excluding hydrogens is 144 g/mol. The number of halogens is 3. The van der Waals surface area contributed by atoms with Gasteiger partial charge in [-0.15, -0.1) is 0 Å². The maximum Gasteiger partial charge on any atom is 0.762 e. The van der Waals surface area contributed by atoms with E-state index in [0.717, 1.165) is 0 Å². The van der Waals surface area contributed by atoms with Crippen molar-refractivity contribution in [2.24, 2.45) is 0 Å². The first-order chi connectivity index (χ1) is 4.29. The Morgan fingerprint density at radius 1 is 1.10 bits per heavy atom. The van der Waals surface area contributed by atoms with E-state index in [0.29, 0.717) is 0 Å². The van der Waals surface area contributed by atoms with Gasteiger partial charge >= 0.3 is 7.54 Å². The zero-order chi connectivity index (χ0) is 8.78. The van der Waals surface area contributed by atoms with Crippen LogP contribution in [0.15, 0.2) is 0 Å². The van der Waals surface area contributed by atoms with Crippen LogP contribution in [0.4, 0.5) is 12.9 Å². The quantitative estimate of drug-likeness (QED) is 0.489. The molecular formula is C5H12BF3O. The molecule has 0 atom stereocenters. The number of ether oxygens (including phenoxy) is 1. The zero-order valence-corrected chi connectivity index (χ0v) is 6.62. The molecule has 0 aromatic heterocycles. The van der Waals surface area contributed by atoms with Gasteiger partial charge in [-0.05, 0) is 20.8 Å². The van der Waals surface area contributed by atoms with E-state index in [1.165, 1.54) is 0 Å². The highest BCUT2D eigenvalue weighted by Crippen LogP contribution is 2.02. The molecule has 62 valence electrons. The standard InChI is InChI=1S/C5H12O.BF3/c1-5(2,3)6-4;2-1(3)4/h1-4H3;. The van der Waals surface area contributed by atoms with E-state index in [2.05, 4.69) is 0 Å². The molecule has 0 aromatic rings. The molecule has 0 radical (unpaired) electrons. The van der Waals surface area contributed by atoms with Crippen LogP contribution in [0.5, 0.6) is 0 Å². The van der Waals surface area contributed by atoms with Crippen molar-refractivity contribution in [3.8, 4) is 0 Å². The number of methoxy groups -OCH3 is 1. The predicted molar refractivity (Wildman–Crippen MR) is 35.8 cm³/mol. The molecule has 0 amide bonds. The fraction of sp³-hybridized carbons (Fsp3) is 1.00. The first-order valence-electron chi connectivity index (χ1n) is 2.77. The summed E-state index contributed by atoms with van der Waals surface area (Å²) in [4.78, 5) is 0. The van der Waals surface area contributed by atoms with Crippen molar-refractivity contribution in [1.82, 2.24) is 0 Å². The third-order valence-electron chi connectivity index (χ3n) is 0.612. The largest absolute Gasteiger partial charge is 0.762 e. The Hall–Kier alpha value is -0.185. The third-order valence-corrected chi connectivity index (χ3v) is 0.612. The molecule has 1 nitrogen and oxygen atoms in total.